The Morgan fingerprint density at radius 2 is 1.66 bits per heavy atom. The molecule has 1 fully saturated rings. The summed E-state index contributed by atoms with van der Waals surface area (Å²) in [6.45, 7) is 3.86. The lowest BCUT2D eigenvalue weighted by Gasteiger charge is -2.34. The maximum atomic E-state index is 12.4. The summed E-state index contributed by atoms with van der Waals surface area (Å²) in [7, 11) is 0. The Morgan fingerprint density at radius 3 is 2.31 bits per heavy atom. The number of carbonyl (C=O) groups is 2. The zero-order valence-electron chi connectivity index (χ0n) is 17.6. The maximum absolute atomic E-state index is 12.4. The Bertz CT molecular complexity index is 976. The van der Waals surface area contributed by atoms with Crippen molar-refractivity contribution in [1.29, 1.82) is 0 Å². The molecular weight excluding hydrogens is 414 g/mol. The van der Waals surface area contributed by atoms with Crippen LogP contribution in [0.1, 0.15) is 22.3 Å². The van der Waals surface area contributed by atoms with Gasteiger partial charge in [0.2, 0.25) is 5.91 Å². The molecule has 0 spiro atoms. The molecule has 0 atom stereocenters. The highest BCUT2D eigenvalue weighted by atomic mass is 16.3. The van der Waals surface area contributed by atoms with E-state index in [1.165, 1.54) is 6.08 Å². The van der Waals surface area contributed by atoms with Crippen molar-refractivity contribution < 1.29 is 30.0 Å². The van der Waals surface area contributed by atoms with E-state index in [-0.39, 0.29) is 17.2 Å². The van der Waals surface area contributed by atoms with Gasteiger partial charge in [0, 0.05) is 44.4 Å². The van der Waals surface area contributed by atoms with Gasteiger partial charge < -0.3 is 30.6 Å². The molecule has 2 amide bonds. The molecule has 2 aromatic carbocycles. The van der Waals surface area contributed by atoms with Crippen LogP contribution in [0.5, 0.6) is 23.0 Å². The second-order valence-corrected chi connectivity index (χ2v) is 7.57. The predicted octanol–water partition coefficient (Wildman–Crippen LogP) is 1.49. The molecule has 1 saturated heterocycles. The summed E-state index contributed by atoms with van der Waals surface area (Å²) >= 11 is 0. The van der Waals surface area contributed by atoms with Crippen molar-refractivity contribution in [2.24, 2.45) is 0 Å². The Balaban J connectivity index is 1.36. The molecule has 9 nitrogen and oxygen atoms in total. The SMILES string of the molecule is O=C(NCCCN1CCN(C(=O)/C=C/c2cccc(O)c2)CC1)c1cc(O)c(O)c(O)c1. The number of hydrogen-bond donors (Lipinski definition) is 5. The van der Waals surface area contributed by atoms with Gasteiger partial charge >= 0.3 is 0 Å². The van der Waals surface area contributed by atoms with E-state index in [0.29, 0.717) is 26.1 Å². The fraction of sp³-hybridized carbons (Fsp3) is 0.304. The van der Waals surface area contributed by atoms with Crippen LogP contribution in [-0.2, 0) is 4.79 Å². The van der Waals surface area contributed by atoms with Crippen LogP contribution in [-0.4, -0.2) is 81.3 Å². The quantitative estimate of drug-likeness (QED) is 0.250. The van der Waals surface area contributed by atoms with Crippen molar-refractivity contribution in [3.63, 3.8) is 0 Å². The van der Waals surface area contributed by atoms with Crippen molar-refractivity contribution in [1.82, 2.24) is 15.1 Å². The first kappa shape index (κ1) is 23.0. The number of nitrogens with one attached hydrogen (secondary N) is 1. The Morgan fingerprint density at radius 1 is 0.969 bits per heavy atom. The van der Waals surface area contributed by atoms with Gasteiger partial charge in [0.05, 0.1) is 0 Å². The van der Waals surface area contributed by atoms with E-state index in [1.54, 1.807) is 29.2 Å². The van der Waals surface area contributed by atoms with Gasteiger partial charge in [-0.05, 0) is 48.9 Å². The largest absolute Gasteiger partial charge is 0.508 e. The fourth-order valence-corrected chi connectivity index (χ4v) is 3.44. The minimum atomic E-state index is -0.658. The van der Waals surface area contributed by atoms with Gasteiger partial charge in [-0.2, -0.15) is 0 Å². The molecule has 1 heterocycles. The maximum Gasteiger partial charge on any atom is 0.251 e. The Hall–Kier alpha value is -3.72. The molecule has 1 aliphatic heterocycles. The van der Waals surface area contributed by atoms with Crippen LogP contribution >= 0.6 is 0 Å². The number of rotatable bonds is 7. The first-order chi connectivity index (χ1) is 15.3. The van der Waals surface area contributed by atoms with Gasteiger partial charge in [0.25, 0.3) is 5.91 Å². The number of benzene rings is 2. The Labute approximate surface area is 185 Å². The molecule has 170 valence electrons. The first-order valence-corrected chi connectivity index (χ1v) is 10.3. The fourth-order valence-electron chi connectivity index (χ4n) is 3.44. The highest BCUT2D eigenvalue weighted by Gasteiger charge is 2.19. The molecule has 5 N–H and O–H groups in total. The lowest BCUT2D eigenvalue weighted by atomic mass is 10.1. The number of phenols is 4. The molecule has 32 heavy (non-hydrogen) atoms. The third-order valence-electron chi connectivity index (χ3n) is 5.24. The average Bonchev–Trinajstić information content (AvgIpc) is 2.78. The van der Waals surface area contributed by atoms with Crippen LogP contribution in [0.15, 0.2) is 42.5 Å². The van der Waals surface area contributed by atoms with Gasteiger partial charge in [-0.3, -0.25) is 14.5 Å². The van der Waals surface area contributed by atoms with Crippen molar-refractivity contribution in [2.45, 2.75) is 6.42 Å². The van der Waals surface area contributed by atoms with Crippen molar-refractivity contribution in [3.05, 3.63) is 53.6 Å². The number of nitrogens with zero attached hydrogens (tertiary/aromatic N) is 2. The highest BCUT2D eigenvalue weighted by Crippen LogP contribution is 2.35. The van der Waals surface area contributed by atoms with Crippen molar-refractivity contribution in [3.8, 4) is 23.0 Å². The molecule has 0 saturated carbocycles. The average molecular weight is 441 g/mol. The molecule has 0 aliphatic carbocycles. The molecular formula is C23H27N3O6. The van der Waals surface area contributed by atoms with E-state index in [1.807, 2.05) is 6.07 Å². The molecule has 1 aliphatic rings. The third kappa shape index (κ3) is 6.14. The minimum absolute atomic E-state index is 0.0590. The van der Waals surface area contributed by atoms with E-state index >= 15 is 0 Å². The summed E-state index contributed by atoms with van der Waals surface area (Å²) in [5.74, 6) is -2.14. The zero-order valence-corrected chi connectivity index (χ0v) is 17.6. The van der Waals surface area contributed by atoms with E-state index in [0.717, 1.165) is 37.3 Å². The number of hydrogen-bond acceptors (Lipinski definition) is 7. The predicted molar refractivity (Wildman–Crippen MR) is 119 cm³/mol. The minimum Gasteiger partial charge on any atom is -0.508 e. The second kappa shape index (κ2) is 10.5. The third-order valence-corrected chi connectivity index (χ3v) is 5.24. The van der Waals surface area contributed by atoms with Crippen molar-refractivity contribution >= 4 is 17.9 Å². The summed E-state index contributed by atoms with van der Waals surface area (Å²) in [6.07, 6.45) is 3.90. The topological polar surface area (TPSA) is 134 Å². The molecule has 0 radical (unpaired) electrons. The summed E-state index contributed by atoms with van der Waals surface area (Å²) in [6, 6.07) is 8.89. The van der Waals surface area contributed by atoms with Crippen LogP contribution in [0.25, 0.3) is 6.08 Å². The normalized spacial score (nSPS) is 14.6. The number of carbonyl (C=O) groups excluding carboxylic acids is 2. The Kier molecular flexibility index (Phi) is 7.56. The van der Waals surface area contributed by atoms with Crippen LogP contribution in [0.2, 0.25) is 0 Å². The summed E-state index contributed by atoms with van der Waals surface area (Å²) in [5, 5.41) is 40.5. The molecule has 0 unspecified atom stereocenters. The van der Waals surface area contributed by atoms with E-state index < -0.39 is 23.2 Å². The lowest BCUT2D eigenvalue weighted by Crippen LogP contribution is -2.48. The van der Waals surface area contributed by atoms with Crippen LogP contribution in [0.3, 0.4) is 0 Å². The molecule has 9 heteroatoms. The second-order valence-electron chi connectivity index (χ2n) is 7.57. The number of aromatic hydroxyl groups is 4. The molecule has 0 bridgehead atoms. The van der Waals surface area contributed by atoms with Crippen LogP contribution < -0.4 is 5.32 Å². The van der Waals surface area contributed by atoms with Crippen molar-refractivity contribution in [2.75, 3.05) is 39.3 Å². The van der Waals surface area contributed by atoms with Gasteiger partial charge in [-0.15, -0.1) is 0 Å². The number of piperazine rings is 1. The van der Waals surface area contributed by atoms with E-state index in [2.05, 4.69) is 10.2 Å². The monoisotopic (exact) mass is 441 g/mol. The first-order valence-electron chi connectivity index (χ1n) is 10.3. The molecule has 2 aromatic rings. The van der Waals surface area contributed by atoms with Crippen LogP contribution in [0, 0.1) is 0 Å². The molecule has 0 aromatic heterocycles. The van der Waals surface area contributed by atoms with Crippen LogP contribution in [0.4, 0.5) is 0 Å². The van der Waals surface area contributed by atoms with E-state index in [9.17, 15) is 30.0 Å². The van der Waals surface area contributed by atoms with Gasteiger partial charge in [-0.1, -0.05) is 12.1 Å². The zero-order chi connectivity index (χ0) is 23.1. The summed E-state index contributed by atoms with van der Waals surface area (Å²) < 4.78 is 0. The van der Waals surface area contributed by atoms with Gasteiger partial charge in [0.15, 0.2) is 17.2 Å². The van der Waals surface area contributed by atoms with Gasteiger partial charge in [0.1, 0.15) is 5.75 Å². The summed E-state index contributed by atoms with van der Waals surface area (Å²) in [5.41, 5.74) is 0.820. The number of phenolic OH excluding ortho intramolecular Hbond substituents is 4. The lowest BCUT2D eigenvalue weighted by molar-refractivity contribution is -0.127. The number of amides is 2. The standard InChI is InChI=1S/C23H27N3O6/c27-18-4-1-3-16(13-18)5-6-21(30)26-11-9-25(10-12-26)8-2-7-24-23(32)17-14-19(28)22(31)20(29)15-17/h1,3-6,13-15,27-29,31H,2,7-12H2,(H,24,32)/b6-5+. The smallest absolute Gasteiger partial charge is 0.251 e. The van der Waals surface area contributed by atoms with Gasteiger partial charge in [-0.25, -0.2) is 0 Å². The molecule has 3 rings (SSSR count). The highest BCUT2D eigenvalue weighted by molar-refractivity contribution is 5.95. The van der Waals surface area contributed by atoms with E-state index in [4.69, 9.17) is 0 Å². The summed E-state index contributed by atoms with van der Waals surface area (Å²) in [4.78, 5) is 28.5.